The molecule has 23 heavy (non-hydrogen) atoms. The van der Waals surface area contributed by atoms with Gasteiger partial charge < -0.3 is 0 Å². The summed E-state index contributed by atoms with van der Waals surface area (Å²) >= 11 is 0. The van der Waals surface area contributed by atoms with Crippen molar-refractivity contribution in [1.29, 1.82) is 0 Å². The van der Waals surface area contributed by atoms with E-state index in [1.54, 1.807) is 0 Å². The van der Waals surface area contributed by atoms with Crippen LogP contribution in [0.3, 0.4) is 0 Å². The van der Waals surface area contributed by atoms with Crippen LogP contribution in [0, 0.1) is 28.6 Å². The lowest BCUT2D eigenvalue weighted by molar-refractivity contribution is -0.0122. The van der Waals surface area contributed by atoms with E-state index in [0.717, 1.165) is 17.8 Å². The van der Waals surface area contributed by atoms with E-state index < -0.39 is 0 Å². The van der Waals surface area contributed by atoms with E-state index in [1.165, 1.54) is 51.4 Å². The van der Waals surface area contributed by atoms with Gasteiger partial charge in [0.05, 0.1) is 0 Å². The highest BCUT2D eigenvalue weighted by atomic mass is 14.5. The van der Waals surface area contributed by atoms with Gasteiger partial charge in [0, 0.05) is 0 Å². The van der Waals surface area contributed by atoms with Crippen molar-refractivity contribution in [2.45, 2.75) is 122 Å². The van der Waals surface area contributed by atoms with Crippen molar-refractivity contribution in [2.24, 2.45) is 28.6 Å². The van der Waals surface area contributed by atoms with E-state index in [1.807, 2.05) is 0 Å². The molecule has 0 heteroatoms. The molecule has 144 valence electrons. The molecule has 1 fully saturated rings. The van der Waals surface area contributed by atoms with Crippen LogP contribution in [0.15, 0.2) is 0 Å². The fourth-order valence-corrected chi connectivity index (χ4v) is 4.47. The monoisotopic (exact) mass is 328 g/mol. The fraction of sp³-hybridized carbons (Fsp3) is 1.00. The average Bonchev–Trinajstić information content (AvgIpc) is 2.44. The van der Waals surface area contributed by atoms with Crippen molar-refractivity contribution in [2.75, 3.05) is 0 Å². The third-order valence-corrected chi connectivity index (χ3v) is 7.15. The van der Waals surface area contributed by atoms with Crippen LogP contribution in [0.1, 0.15) is 122 Å². The van der Waals surface area contributed by atoms with Crippen molar-refractivity contribution in [3.63, 3.8) is 0 Å². The third kappa shape index (κ3) is 6.79. The molecule has 0 spiro atoms. The van der Waals surface area contributed by atoms with E-state index in [9.17, 15) is 0 Å². The van der Waals surface area contributed by atoms with E-state index in [2.05, 4.69) is 48.5 Å². The minimum absolute atomic E-state index is 0. The van der Waals surface area contributed by atoms with E-state index in [4.69, 9.17) is 0 Å². The number of rotatable bonds is 7. The van der Waals surface area contributed by atoms with E-state index in [0.29, 0.717) is 10.8 Å². The summed E-state index contributed by atoms with van der Waals surface area (Å²) in [4.78, 5) is 0. The third-order valence-electron chi connectivity index (χ3n) is 7.15. The number of hydrogen-bond acceptors (Lipinski definition) is 0. The summed E-state index contributed by atoms with van der Waals surface area (Å²) in [6.45, 7) is 17.5. The molecule has 2 unspecified atom stereocenters. The van der Waals surface area contributed by atoms with Crippen molar-refractivity contribution in [3.8, 4) is 0 Å². The van der Waals surface area contributed by atoms with Crippen molar-refractivity contribution < 1.29 is 0 Å². The molecule has 0 aromatic rings. The highest BCUT2D eigenvalue weighted by Gasteiger charge is 2.44. The first kappa shape index (κ1) is 27.8. The van der Waals surface area contributed by atoms with Gasteiger partial charge in [-0.2, -0.15) is 0 Å². The van der Waals surface area contributed by atoms with Crippen LogP contribution < -0.4 is 0 Å². The lowest BCUT2D eigenvalue weighted by Crippen LogP contribution is -2.43. The van der Waals surface area contributed by atoms with Gasteiger partial charge in [0.25, 0.3) is 0 Å². The van der Waals surface area contributed by atoms with Crippen LogP contribution in [0.5, 0.6) is 0 Å². The van der Waals surface area contributed by atoms with Crippen LogP contribution in [-0.2, 0) is 0 Å². The van der Waals surface area contributed by atoms with E-state index in [-0.39, 0.29) is 22.3 Å². The number of hydrogen-bond donors (Lipinski definition) is 0. The summed E-state index contributed by atoms with van der Waals surface area (Å²) < 4.78 is 0. The van der Waals surface area contributed by atoms with Gasteiger partial charge in [0.1, 0.15) is 0 Å². The first-order chi connectivity index (χ1) is 9.24. The summed E-state index contributed by atoms with van der Waals surface area (Å²) in [6, 6.07) is 0. The SMILES string of the molecule is C.C.C.CCCCC(C)C(C)(C)C(C)C(C)(C)C1CCCCC1. The topological polar surface area (TPSA) is 0 Å². The molecular weight excluding hydrogens is 276 g/mol. The van der Waals surface area contributed by atoms with Gasteiger partial charge in [0.15, 0.2) is 0 Å². The molecule has 0 bridgehead atoms. The summed E-state index contributed by atoms with van der Waals surface area (Å²) in [5.74, 6) is 2.58. The molecule has 0 heterocycles. The lowest BCUT2D eigenvalue weighted by atomic mass is 9.55. The Morgan fingerprint density at radius 2 is 1.35 bits per heavy atom. The fourth-order valence-electron chi connectivity index (χ4n) is 4.47. The Kier molecular flexibility index (Phi) is 14.0. The molecule has 1 aliphatic rings. The first-order valence-corrected chi connectivity index (χ1v) is 9.24. The molecule has 0 amide bonds. The highest BCUT2D eigenvalue weighted by Crippen LogP contribution is 2.52. The Morgan fingerprint density at radius 1 is 0.870 bits per heavy atom. The predicted octanol–water partition coefficient (Wildman–Crippen LogP) is 8.99. The number of unbranched alkanes of at least 4 members (excludes halogenated alkanes) is 1. The quantitative estimate of drug-likeness (QED) is 0.437. The van der Waals surface area contributed by atoms with Crippen LogP contribution >= 0.6 is 0 Å². The molecule has 0 aromatic carbocycles. The molecule has 1 saturated carbocycles. The van der Waals surface area contributed by atoms with Gasteiger partial charge in [-0.1, -0.05) is 109 Å². The first-order valence-electron chi connectivity index (χ1n) is 9.24. The molecule has 0 aliphatic heterocycles. The van der Waals surface area contributed by atoms with Gasteiger partial charge in [-0.15, -0.1) is 0 Å². The van der Waals surface area contributed by atoms with Gasteiger partial charge in [-0.3, -0.25) is 0 Å². The molecule has 0 nitrogen and oxygen atoms in total. The maximum atomic E-state index is 2.56. The van der Waals surface area contributed by atoms with Gasteiger partial charge in [-0.25, -0.2) is 0 Å². The maximum absolute atomic E-state index is 2.56. The molecule has 0 N–H and O–H groups in total. The summed E-state index contributed by atoms with van der Waals surface area (Å²) in [5, 5.41) is 0. The standard InChI is InChI=1S/C20H40.3CH4/c1-8-9-13-16(2)19(4,5)17(3)20(6,7)18-14-11-10-12-15-18;;;/h16-18H,8-15H2,1-7H3;3*1H4. The van der Waals surface area contributed by atoms with E-state index >= 15 is 0 Å². The predicted molar refractivity (Wildman–Crippen MR) is 112 cm³/mol. The molecule has 0 saturated heterocycles. The molecule has 1 aliphatic carbocycles. The summed E-state index contributed by atoms with van der Waals surface area (Å²) in [6.07, 6.45) is 11.5. The molecule has 0 radical (unpaired) electrons. The second-order valence-electron chi connectivity index (χ2n) is 8.74. The van der Waals surface area contributed by atoms with Crippen molar-refractivity contribution >= 4 is 0 Å². The highest BCUT2D eigenvalue weighted by molar-refractivity contribution is 4.93. The summed E-state index contributed by atoms with van der Waals surface area (Å²) in [5.41, 5.74) is 0.945. The average molecular weight is 329 g/mol. The Bertz CT molecular complexity index is 268. The molecule has 2 atom stereocenters. The van der Waals surface area contributed by atoms with Gasteiger partial charge >= 0.3 is 0 Å². The minimum Gasteiger partial charge on any atom is -0.0776 e. The Morgan fingerprint density at radius 3 is 1.78 bits per heavy atom. The Balaban J connectivity index is -0.00000133. The van der Waals surface area contributed by atoms with Crippen molar-refractivity contribution in [1.82, 2.24) is 0 Å². The normalized spacial score (nSPS) is 18.9. The van der Waals surface area contributed by atoms with Crippen LogP contribution in [0.25, 0.3) is 0 Å². The Labute approximate surface area is 151 Å². The van der Waals surface area contributed by atoms with Crippen LogP contribution in [0.2, 0.25) is 0 Å². The zero-order valence-corrected chi connectivity index (χ0v) is 15.4. The van der Waals surface area contributed by atoms with Crippen LogP contribution in [-0.4, -0.2) is 0 Å². The molecule has 1 rings (SSSR count). The summed E-state index contributed by atoms with van der Waals surface area (Å²) in [7, 11) is 0. The van der Waals surface area contributed by atoms with Gasteiger partial charge in [-0.05, 0) is 41.4 Å². The molecular formula is C23H52. The second-order valence-corrected chi connectivity index (χ2v) is 8.74. The smallest absolute Gasteiger partial charge is 0.0295 e. The zero-order chi connectivity index (χ0) is 15.4. The maximum Gasteiger partial charge on any atom is -0.0295 e. The largest absolute Gasteiger partial charge is 0.0776 e. The second kappa shape index (κ2) is 11.5. The Hall–Kier alpha value is 0. The zero-order valence-electron chi connectivity index (χ0n) is 15.4. The van der Waals surface area contributed by atoms with Crippen LogP contribution in [0.4, 0.5) is 0 Å². The minimum atomic E-state index is 0. The van der Waals surface area contributed by atoms with Crippen molar-refractivity contribution in [3.05, 3.63) is 0 Å². The molecule has 0 aromatic heterocycles. The lowest BCUT2D eigenvalue weighted by Gasteiger charge is -2.50. The van der Waals surface area contributed by atoms with Gasteiger partial charge in [0.2, 0.25) is 0 Å².